The fourth-order valence-corrected chi connectivity index (χ4v) is 2.92. The van der Waals surface area contributed by atoms with Crippen molar-refractivity contribution in [1.82, 2.24) is 5.32 Å². The van der Waals surface area contributed by atoms with Crippen LogP contribution in [0.5, 0.6) is 0 Å². The van der Waals surface area contributed by atoms with E-state index in [4.69, 9.17) is 4.74 Å². The second-order valence-corrected chi connectivity index (χ2v) is 6.90. The van der Waals surface area contributed by atoms with E-state index in [1.165, 1.54) is 11.3 Å². The van der Waals surface area contributed by atoms with Crippen molar-refractivity contribution in [2.75, 3.05) is 13.2 Å². The molecule has 1 amide bonds. The fraction of sp³-hybridized carbons (Fsp3) is 0.300. The summed E-state index contributed by atoms with van der Waals surface area (Å²) >= 11 is 1.34. The monoisotopic (exact) mass is 387 g/mol. The molecule has 0 radical (unpaired) electrons. The molecule has 0 aliphatic rings. The maximum absolute atomic E-state index is 11.9. The van der Waals surface area contributed by atoms with Gasteiger partial charge in [-0.1, -0.05) is 35.9 Å². The Bertz CT molecular complexity index is 796. The standard InChI is InChI=1S/C20H21NO5S/c1-14-4-6-15(7-5-14)17(23)13-26-20(25)10-11-21-19(24)9-8-16(22)18-3-2-12-27-18/h2-7,12H,8-11,13H2,1H3,(H,21,24). The van der Waals surface area contributed by atoms with Crippen LogP contribution < -0.4 is 5.32 Å². The zero-order valence-corrected chi connectivity index (χ0v) is 15.8. The van der Waals surface area contributed by atoms with E-state index in [1.807, 2.05) is 24.4 Å². The molecule has 0 atom stereocenters. The zero-order valence-electron chi connectivity index (χ0n) is 15.0. The number of Topliss-reactive ketones (excluding diaryl/α,β-unsaturated/α-hetero) is 2. The van der Waals surface area contributed by atoms with Crippen molar-refractivity contribution in [1.29, 1.82) is 0 Å². The summed E-state index contributed by atoms with van der Waals surface area (Å²) in [6.07, 6.45) is 0.158. The number of amides is 1. The van der Waals surface area contributed by atoms with Gasteiger partial charge in [-0.25, -0.2) is 0 Å². The Morgan fingerprint density at radius 2 is 1.70 bits per heavy atom. The molecule has 2 aromatic rings. The summed E-state index contributed by atoms with van der Waals surface area (Å²) in [5.41, 5.74) is 1.52. The maximum atomic E-state index is 11.9. The molecule has 7 heteroatoms. The number of esters is 1. The molecule has 142 valence electrons. The third-order valence-corrected chi connectivity index (χ3v) is 4.68. The van der Waals surface area contributed by atoms with Gasteiger partial charge < -0.3 is 10.1 Å². The lowest BCUT2D eigenvalue weighted by atomic mass is 10.1. The molecule has 1 aromatic heterocycles. The van der Waals surface area contributed by atoms with Crippen LogP contribution in [0.25, 0.3) is 0 Å². The molecule has 0 bridgehead atoms. The smallest absolute Gasteiger partial charge is 0.308 e. The van der Waals surface area contributed by atoms with Crippen molar-refractivity contribution in [2.24, 2.45) is 0 Å². The molecule has 1 aromatic carbocycles. The summed E-state index contributed by atoms with van der Waals surface area (Å²) in [4.78, 5) is 47.7. The SMILES string of the molecule is Cc1ccc(C(=O)COC(=O)CCNC(=O)CCC(=O)c2cccs2)cc1. The van der Waals surface area contributed by atoms with Crippen LogP contribution in [-0.2, 0) is 14.3 Å². The molecule has 0 unspecified atom stereocenters. The summed E-state index contributed by atoms with van der Waals surface area (Å²) in [6, 6.07) is 10.5. The molecule has 2 rings (SSSR count). The van der Waals surface area contributed by atoms with Crippen LogP contribution in [0.4, 0.5) is 0 Å². The first-order valence-electron chi connectivity index (χ1n) is 8.54. The van der Waals surface area contributed by atoms with Crippen LogP contribution >= 0.6 is 11.3 Å². The third kappa shape index (κ3) is 7.15. The van der Waals surface area contributed by atoms with E-state index in [2.05, 4.69) is 5.32 Å². The average molecular weight is 387 g/mol. The van der Waals surface area contributed by atoms with Gasteiger partial charge in [0.15, 0.2) is 18.2 Å². The van der Waals surface area contributed by atoms with Crippen molar-refractivity contribution < 1.29 is 23.9 Å². The lowest BCUT2D eigenvalue weighted by Crippen LogP contribution is -2.27. The molecule has 0 spiro atoms. The van der Waals surface area contributed by atoms with Gasteiger partial charge in [-0.05, 0) is 18.4 Å². The molecular weight excluding hydrogens is 366 g/mol. The number of benzene rings is 1. The van der Waals surface area contributed by atoms with Crippen molar-refractivity contribution in [2.45, 2.75) is 26.2 Å². The zero-order chi connectivity index (χ0) is 19.6. The van der Waals surface area contributed by atoms with Gasteiger partial charge in [0, 0.05) is 24.9 Å². The van der Waals surface area contributed by atoms with Crippen molar-refractivity contribution in [3.05, 3.63) is 57.8 Å². The minimum Gasteiger partial charge on any atom is -0.457 e. The largest absolute Gasteiger partial charge is 0.457 e. The van der Waals surface area contributed by atoms with E-state index in [0.717, 1.165) is 5.56 Å². The molecule has 1 N–H and O–H groups in total. The van der Waals surface area contributed by atoms with Crippen molar-refractivity contribution in [3.8, 4) is 0 Å². The van der Waals surface area contributed by atoms with Gasteiger partial charge in [0.1, 0.15) is 0 Å². The van der Waals surface area contributed by atoms with Gasteiger partial charge in [0.05, 0.1) is 11.3 Å². The Balaban J connectivity index is 1.59. The van der Waals surface area contributed by atoms with Gasteiger partial charge in [-0.3, -0.25) is 19.2 Å². The van der Waals surface area contributed by atoms with E-state index < -0.39 is 5.97 Å². The molecule has 6 nitrogen and oxygen atoms in total. The van der Waals surface area contributed by atoms with Crippen LogP contribution in [0, 0.1) is 6.92 Å². The molecule has 0 aliphatic carbocycles. The lowest BCUT2D eigenvalue weighted by molar-refractivity contribution is -0.142. The summed E-state index contributed by atoms with van der Waals surface area (Å²) in [5.74, 6) is -1.22. The molecular formula is C20H21NO5S. The number of thiophene rings is 1. The quantitative estimate of drug-likeness (QED) is 0.500. The number of carbonyl (C=O) groups excluding carboxylic acids is 4. The van der Waals surface area contributed by atoms with Crippen LogP contribution in [0.15, 0.2) is 41.8 Å². The number of hydrogen-bond acceptors (Lipinski definition) is 6. The third-order valence-electron chi connectivity index (χ3n) is 3.76. The van der Waals surface area contributed by atoms with E-state index in [-0.39, 0.29) is 49.9 Å². The maximum Gasteiger partial charge on any atom is 0.308 e. The van der Waals surface area contributed by atoms with Gasteiger partial charge in [-0.2, -0.15) is 0 Å². The second-order valence-electron chi connectivity index (χ2n) is 5.95. The van der Waals surface area contributed by atoms with E-state index in [1.54, 1.807) is 24.3 Å². The molecule has 1 heterocycles. The second kappa shape index (κ2) is 10.4. The number of hydrogen-bond donors (Lipinski definition) is 1. The van der Waals surface area contributed by atoms with Crippen LogP contribution in [0.2, 0.25) is 0 Å². The molecule has 0 saturated heterocycles. The highest BCUT2D eigenvalue weighted by Crippen LogP contribution is 2.12. The molecule has 0 saturated carbocycles. The molecule has 0 fully saturated rings. The van der Waals surface area contributed by atoms with Crippen LogP contribution in [0.3, 0.4) is 0 Å². The summed E-state index contributed by atoms with van der Waals surface area (Å²) in [7, 11) is 0. The number of nitrogens with one attached hydrogen (secondary N) is 1. The number of rotatable bonds is 10. The van der Waals surface area contributed by atoms with Crippen molar-refractivity contribution >= 4 is 34.8 Å². The predicted octanol–water partition coefficient (Wildman–Crippen LogP) is 2.95. The van der Waals surface area contributed by atoms with Gasteiger partial charge in [-0.15, -0.1) is 11.3 Å². The minimum atomic E-state index is -0.564. The number of carbonyl (C=O) groups is 4. The molecule has 0 aliphatic heterocycles. The predicted molar refractivity (Wildman–Crippen MR) is 102 cm³/mol. The highest BCUT2D eigenvalue weighted by molar-refractivity contribution is 7.12. The van der Waals surface area contributed by atoms with Crippen LogP contribution in [0.1, 0.15) is 44.9 Å². The highest BCUT2D eigenvalue weighted by Gasteiger charge is 2.12. The van der Waals surface area contributed by atoms with Gasteiger partial charge >= 0.3 is 5.97 Å². The van der Waals surface area contributed by atoms with Crippen LogP contribution in [-0.4, -0.2) is 36.6 Å². The van der Waals surface area contributed by atoms with Gasteiger partial charge in [0.2, 0.25) is 5.91 Å². The van der Waals surface area contributed by atoms with Gasteiger partial charge in [0.25, 0.3) is 0 Å². The topological polar surface area (TPSA) is 89.5 Å². The fourth-order valence-electron chi connectivity index (χ4n) is 2.22. The number of aryl methyl sites for hydroxylation is 1. The Morgan fingerprint density at radius 1 is 0.963 bits per heavy atom. The number of ether oxygens (including phenoxy) is 1. The first kappa shape index (κ1) is 20.5. The Labute approximate surface area is 161 Å². The summed E-state index contributed by atoms with van der Waals surface area (Å²) < 4.78 is 4.92. The van der Waals surface area contributed by atoms with Crippen molar-refractivity contribution in [3.63, 3.8) is 0 Å². The lowest BCUT2D eigenvalue weighted by Gasteiger charge is -2.06. The average Bonchev–Trinajstić information content (AvgIpc) is 3.19. The molecule has 27 heavy (non-hydrogen) atoms. The minimum absolute atomic E-state index is 0.0359. The highest BCUT2D eigenvalue weighted by atomic mass is 32.1. The summed E-state index contributed by atoms with van der Waals surface area (Å²) in [6.45, 7) is 1.69. The van der Waals surface area contributed by atoms with E-state index >= 15 is 0 Å². The number of ketones is 2. The Hall–Kier alpha value is -2.80. The summed E-state index contributed by atoms with van der Waals surface area (Å²) in [5, 5.41) is 4.37. The Kier molecular flexibility index (Phi) is 7.88. The first-order chi connectivity index (χ1) is 13.0. The Morgan fingerprint density at radius 3 is 2.37 bits per heavy atom. The van der Waals surface area contributed by atoms with E-state index in [9.17, 15) is 19.2 Å². The normalized spacial score (nSPS) is 10.3. The van der Waals surface area contributed by atoms with E-state index in [0.29, 0.717) is 10.4 Å². The first-order valence-corrected chi connectivity index (χ1v) is 9.42.